The zero-order valence-electron chi connectivity index (χ0n) is 18.8. The first-order valence-corrected chi connectivity index (χ1v) is 11.2. The summed E-state index contributed by atoms with van der Waals surface area (Å²) in [6.45, 7) is 2.23. The van der Waals surface area contributed by atoms with Crippen LogP contribution >= 0.6 is 0 Å². The molecule has 10 heteroatoms. The van der Waals surface area contributed by atoms with E-state index in [2.05, 4.69) is 25.2 Å². The Labute approximate surface area is 200 Å². The van der Waals surface area contributed by atoms with Crippen LogP contribution in [0.15, 0.2) is 77.9 Å². The molecule has 0 bridgehead atoms. The van der Waals surface area contributed by atoms with E-state index in [0.29, 0.717) is 31.7 Å². The monoisotopic (exact) mass is 471 g/mol. The lowest BCUT2D eigenvalue weighted by Gasteiger charge is -2.35. The molecule has 9 nitrogen and oxygen atoms in total. The molecule has 4 heterocycles. The molecule has 3 aromatic heterocycles. The van der Waals surface area contributed by atoms with E-state index in [9.17, 15) is 14.0 Å². The van der Waals surface area contributed by atoms with Crippen molar-refractivity contribution in [2.24, 2.45) is 0 Å². The van der Waals surface area contributed by atoms with Gasteiger partial charge in [0.15, 0.2) is 5.82 Å². The van der Waals surface area contributed by atoms with E-state index < -0.39 is 5.82 Å². The number of anilines is 1. The fourth-order valence-electron chi connectivity index (χ4n) is 3.95. The molecule has 1 aromatic carbocycles. The van der Waals surface area contributed by atoms with E-state index in [1.54, 1.807) is 29.4 Å². The Hall–Kier alpha value is -4.47. The van der Waals surface area contributed by atoms with Crippen molar-refractivity contribution in [1.82, 2.24) is 29.9 Å². The quantitative estimate of drug-likeness (QED) is 0.440. The van der Waals surface area contributed by atoms with Gasteiger partial charge in [0.05, 0.1) is 12.2 Å². The van der Waals surface area contributed by atoms with E-state index in [1.165, 1.54) is 28.9 Å². The van der Waals surface area contributed by atoms with E-state index >= 15 is 0 Å². The predicted octanol–water partition coefficient (Wildman–Crippen LogP) is 2.25. The van der Waals surface area contributed by atoms with E-state index in [-0.39, 0.29) is 23.7 Å². The molecule has 35 heavy (non-hydrogen) atoms. The van der Waals surface area contributed by atoms with Crippen LogP contribution in [0.2, 0.25) is 0 Å². The van der Waals surface area contributed by atoms with Gasteiger partial charge in [0.25, 0.3) is 11.5 Å². The fraction of sp³-hybridized carbons (Fsp3) is 0.200. The molecule has 0 spiro atoms. The molecular formula is C25H22FN7O2. The van der Waals surface area contributed by atoms with Gasteiger partial charge < -0.3 is 9.80 Å². The number of aromatic nitrogens is 5. The van der Waals surface area contributed by atoms with Crippen molar-refractivity contribution in [3.8, 4) is 11.3 Å². The summed E-state index contributed by atoms with van der Waals surface area (Å²) in [5.41, 5.74) is 2.05. The summed E-state index contributed by atoms with van der Waals surface area (Å²) >= 11 is 0. The molecule has 5 rings (SSSR count). The molecule has 4 aromatic rings. The van der Waals surface area contributed by atoms with Crippen molar-refractivity contribution in [2.45, 2.75) is 6.54 Å². The highest BCUT2D eigenvalue weighted by Gasteiger charge is 2.24. The summed E-state index contributed by atoms with van der Waals surface area (Å²) in [4.78, 5) is 33.2. The number of carbonyl (C=O) groups is 1. The number of hydrogen-bond donors (Lipinski definition) is 0. The Morgan fingerprint density at radius 1 is 0.943 bits per heavy atom. The van der Waals surface area contributed by atoms with Crippen LogP contribution in [0.4, 0.5) is 10.2 Å². The number of halogens is 1. The number of piperazine rings is 1. The van der Waals surface area contributed by atoms with Gasteiger partial charge in [-0.3, -0.25) is 14.6 Å². The van der Waals surface area contributed by atoms with E-state index in [0.717, 1.165) is 17.1 Å². The SMILES string of the molecule is O=C(c1ccc(=O)n(Cc2cccc(F)c2)n1)N1CCN(c2ccc(-c3cccnc3)nn2)CC1. The zero-order chi connectivity index (χ0) is 24.2. The van der Waals surface area contributed by atoms with Crippen LogP contribution in [0.5, 0.6) is 0 Å². The summed E-state index contributed by atoms with van der Waals surface area (Å²) in [6, 6.07) is 16.3. The van der Waals surface area contributed by atoms with Gasteiger partial charge in [0, 0.05) is 50.2 Å². The van der Waals surface area contributed by atoms with Crippen LogP contribution in [0, 0.1) is 5.82 Å². The van der Waals surface area contributed by atoms with Gasteiger partial charge in [-0.2, -0.15) is 5.10 Å². The Morgan fingerprint density at radius 3 is 2.51 bits per heavy atom. The smallest absolute Gasteiger partial charge is 0.274 e. The first-order chi connectivity index (χ1) is 17.1. The molecule has 1 aliphatic heterocycles. The predicted molar refractivity (Wildman–Crippen MR) is 127 cm³/mol. The molecule has 1 saturated heterocycles. The van der Waals surface area contributed by atoms with Crippen LogP contribution < -0.4 is 10.5 Å². The molecule has 176 valence electrons. The zero-order valence-corrected chi connectivity index (χ0v) is 18.8. The lowest BCUT2D eigenvalue weighted by Crippen LogP contribution is -2.49. The van der Waals surface area contributed by atoms with Crippen molar-refractivity contribution in [3.63, 3.8) is 0 Å². The maximum absolute atomic E-state index is 13.5. The Kier molecular flexibility index (Phi) is 6.25. The number of benzene rings is 1. The normalized spacial score (nSPS) is 13.6. The van der Waals surface area contributed by atoms with Crippen LogP contribution in [0.1, 0.15) is 16.1 Å². The second kappa shape index (κ2) is 9.80. The number of rotatable bonds is 5. The minimum Gasteiger partial charge on any atom is -0.352 e. The average molecular weight is 471 g/mol. The molecule has 0 saturated carbocycles. The Bertz CT molecular complexity index is 1390. The summed E-state index contributed by atoms with van der Waals surface area (Å²) in [7, 11) is 0. The highest BCUT2D eigenvalue weighted by Crippen LogP contribution is 2.19. The summed E-state index contributed by atoms with van der Waals surface area (Å²) < 4.78 is 14.7. The third-order valence-electron chi connectivity index (χ3n) is 5.81. The first-order valence-electron chi connectivity index (χ1n) is 11.2. The second-order valence-corrected chi connectivity index (χ2v) is 8.14. The van der Waals surface area contributed by atoms with E-state index in [1.807, 2.05) is 24.3 Å². The van der Waals surface area contributed by atoms with Gasteiger partial charge in [-0.25, -0.2) is 9.07 Å². The number of nitrogens with zero attached hydrogens (tertiary/aromatic N) is 7. The third kappa shape index (κ3) is 5.06. The molecule has 0 aliphatic carbocycles. The minimum atomic E-state index is -0.392. The van der Waals surface area contributed by atoms with Crippen molar-refractivity contribution < 1.29 is 9.18 Å². The topological polar surface area (TPSA) is 97.1 Å². The first kappa shape index (κ1) is 22.3. The molecule has 0 N–H and O–H groups in total. The number of pyridine rings is 1. The second-order valence-electron chi connectivity index (χ2n) is 8.14. The van der Waals surface area contributed by atoms with Gasteiger partial charge in [0.1, 0.15) is 11.5 Å². The van der Waals surface area contributed by atoms with Crippen molar-refractivity contribution in [2.75, 3.05) is 31.1 Å². The molecule has 0 radical (unpaired) electrons. The molecule has 1 amide bonds. The number of carbonyl (C=O) groups excluding carboxylic acids is 1. The summed E-state index contributed by atoms with van der Waals surface area (Å²) in [6.07, 6.45) is 3.45. The molecule has 1 aliphatic rings. The van der Waals surface area contributed by atoms with Crippen molar-refractivity contribution >= 4 is 11.7 Å². The van der Waals surface area contributed by atoms with Gasteiger partial charge >= 0.3 is 0 Å². The standard InChI is InChI=1S/C25H22FN7O2/c26-20-5-1-3-18(15-20)17-33-24(34)9-7-22(30-33)25(35)32-13-11-31(12-14-32)23-8-6-21(28-29-23)19-4-2-10-27-16-19/h1-10,15-16H,11-14,17H2. The minimum absolute atomic E-state index is 0.0825. The Morgan fingerprint density at radius 2 is 1.80 bits per heavy atom. The van der Waals surface area contributed by atoms with Crippen molar-refractivity contribution in [1.29, 1.82) is 0 Å². The van der Waals surface area contributed by atoms with Crippen molar-refractivity contribution in [3.05, 3.63) is 100 Å². The Balaban J connectivity index is 1.23. The lowest BCUT2D eigenvalue weighted by atomic mass is 10.2. The largest absolute Gasteiger partial charge is 0.352 e. The number of hydrogen-bond acceptors (Lipinski definition) is 7. The maximum atomic E-state index is 13.5. The van der Waals surface area contributed by atoms with E-state index in [4.69, 9.17) is 0 Å². The van der Waals surface area contributed by atoms with Crippen LogP contribution in [0.25, 0.3) is 11.3 Å². The highest BCUT2D eigenvalue weighted by atomic mass is 19.1. The fourth-order valence-corrected chi connectivity index (χ4v) is 3.95. The van der Waals surface area contributed by atoms with Crippen LogP contribution in [0.3, 0.4) is 0 Å². The number of amides is 1. The van der Waals surface area contributed by atoms with Gasteiger partial charge in [-0.15, -0.1) is 10.2 Å². The summed E-state index contributed by atoms with van der Waals surface area (Å²) in [5.74, 6) is 0.0965. The molecule has 0 unspecified atom stereocenters. The third-order valence-corrected chi connectivity index (χ3v) is 5.81. The van der Waals surface area contributed by atoms with Gasteiger partial charge in [0.2, 0.25) is 0 Å². The molecule has 1 fully saturated rings. The van der Waals surface area contributed by atoms with Crippen LogP contribution in [-0.4, -0.2) is 61.9 Å². The molecule has 0 atom stereocenters. The van der Waals surface area contributed by atoms with Gasteiger partial charge in [-0.1, -0.05) is 12.1 Å². The maximum Gasteiger partial charge on any atom is 0.274 e. The van der Waals surface area contributed by atoms with Crippen LogP contribution in [-0.2, 0) is 6.54 Å². The molecular weight excluding hydrogens is 449 g/mol. The average Bonchev–Trinajstić information content (AvgIpc) is 2.90. The lowest BCUT2D eigenvalue weighted by molar-refractivity contribution is 0.0737. The highest BCUT2D eigenvalue weighted by molar-refractivity contribution is 5.92. The van der Waals surface area contributed by atoms with Gasteiger partial charge in [-0.05, 0) is 48.0 Å². The summed E-state index contributed by atoms with van der Waals surface area (Å²) in [5, 5.41) is 12.9.